The molecule has 5 rings (SSSR count). The molecule has 172 valence electrons. The summed E-state index contributed by atoms with van der Waals surface area (Å²) in [5.74, 6) is 0.786. The molecule has 0 saturated carbocycles. The van der Waals surface area contributed by atoms with Gasteiger partial charge in [-0.2, -0.15) is 0 Å². The number of hydrogen-bond acceptors (Lipinski definition) is 5. The molecule has 0 fully saturated rings. The van der Waals surface area contributed by atoms with Crippen LogP contribution in [0.5, 0.6) is 11.5 Å². The molecule has 7 heteroatoms. The molecular weight excluding hydrogens is 454 g/mol. The Kier molecular flexibility index (Phi) is 5.75. The van der Waals surface area contributed by atoms with Gasteiger partial charge in [0.1, 0.15) is 5.58 Å². The fraction of sp³-hybridized carbons (Fsp3) is 0.185. The zero-order chi connectivity index (χ0) is 23.8. The van der Waals surface area contributed by atoms with Gasteiger partial charge in [-0.25, -0.2) is 0 Å². The van der Waals surface area contributed by atoms with Gasteiger partial charge in [0.05, 0.1) is 30.7 Å². The van der Waals surface area contributed by atoms with Crippen LogP contribution in [0.25, 0.3) is 11.0 Å². The Labute approximate surface area is 201 Å². The molecule has 1 aliphatic rings. The molecule has 0 N–H and O–H groups in total. The average Bonchev–Trinajstić information content (AvgIpc) is 3.13. The van der Waals surface area contributed by atoms with E-state index in [1.165, 1.54) is 0 Å². The number of carbonyl (C=O) groups excluding carboxylic acids is 1. The molecule has 0 radical (unpaired) electrons. The maximum atomic E-state index is 13.6. The Hall–Kier alpha value is -3.77. The number of rotatable bonds is 6. The summed E-state index contributed by atoms with van der Waals surface area (Å²) in [6.07, 6.45) is 0. The number of hydrogen-bond donors (Lipinski definition) is 0. The molecular formula is C27H22ClNO5. The molecule has 34 heavy (non-hydrogen) atoms. The van der Waals surface area contributed by atoms with Crippen molar-refractivity contribution in [1.82, 2.24) is 4.90 Å². The van der Waals surface area contributed by atoms with Crippen molar-refractivity contribution in [2.45, 2.75) is 19.5 Å². The van der Waals surface area contributed by atoms with E-state index in [2.05, 4.69) is 0 Å². The van der Waals surface area contributed by atoms with Crippen molar-refractivity contribution in [2.24, 2.45) is 0 Å². The van der Waals surface area contributed by atoms with Crippen LogP contribution in [0, 0.1) is 0 Å². The molecule has 0 aliphatic carbocycles. The van der Waals surface area contributed by atoms with E-state index in [0.717, 1.165) is 5.56 Å². The minimum absolute atomic E-state index is 0.0496. The minimum Gasteiger partial charge on any atom is -0.493 e. The van der Waals surface area contributed by atoms with E-state index in [-0.39, 0.29) is 23.6 Å². The highest BCUT2D eigenvalue weighted by Gasteiger charge is 2.43. The summed E-state index contributed by atoms with van der Waals surface area (Å²) in [5, 5.41) is 0.968. The summed E-state index contributed by atoms with van der Waals surface area (Å²) in [4.78, 5) is 28.8. The number of para-hydroxylation sites is 1. The fourth-order valence-corrected chi connectivity index (χ4v) is 4.61. The lowest BCUT2D eigenvalue weighted by Crippen LogP contribution is -2.29. The number of fused-ring (bicyclic) bond motifs is 2. The summed E-state index contributed by atoms with van der Waals surface area (Å²) in [6, 6.07) is 19.0. The molecule has 0 bridgehead atoms. The first-order chi connectivity index (χ1) is 16.5. The number of ether oxygens (including phenoxy) is 2. The number of halogens is 1. The van der Waals surface area contributed by atoms with Crippen LogP contribution in [0.3, 0.4) is 0 Å². The zero-order valence-electron chi connectivity index (χ0n) is 18.7. The highest BCUT2D eigenvalue weighted by atomic mass is 35.5. The Morgan fingerprint density at radius 3 is 2.53 bits per heavy atom. The highest BCUT2D eigenvalue weighted by Crippen LogP contribution is 2.42. The van der Waals surface area contributed by atoms with E-state index < -0.39 is 6.04 Å². The molecule has 0 saturated heterocycles. The van der Waals surface area contributed by atoms with Crippen LogP contribution in [-0.4, -0.2) is 24.5 Å². The van der Waals surface area contributed by atoms with Gasteiger partial charge in [0.25, 0.3) is 5.91 Å². The average molecular weight is 476 g/mol. The molecule has 3 aromatic carbocycles. The van der Waals surface area contributed by atoms with Gasteiger partial charge in [0.15, 0.2) is 16.9 Å². The number of carbonyl (C=O) groups is 1. The van der Waals surface area contributed by atoms with Crippen molar-refractivity contribution in [1.29, 1.82) is 0 Å². The predicted molar refractivity (Wildman–Crippen MR) is 130 cm³/mol. The standard InChI is InChI=1S/C27H22ClNO5/c1-3-33-21-13-12-16(14-22(21)32-2)24-23-25(30)18-9-5-7-11-20(18)34-26(23)27(31)29(24)15-17-8-4-6-10-19(17)28/h4-14,24H,3,15H2,1-2H3. The van der Waals surface area contributed by atoms with Gasteiger partial charge in [0, 0.05) is 11.6 Å². The van der Waals surface area contributed by atoms with Crippen LogP contribution >= 0.6 is 11.6 Å². The van der Waals surface area contributed by atoms with Gasteiger partial charge >= 0.3 is 0 Å². The Morgan fingerprint density at radius 2 is 1.76 bits per heavy atom. The highest BCUT2D eigenvalue weighted by molar-refractivity contribution is 6.31. The van der Waals surface area contributed by atoms with Crippen LogP contribution in [0.1, 0.15) is 40.2 Å². The third-order valence-electron chi connectivity index (χ3n) is 5.97. The zero-order valence-corrected chi connectivity index (χ0v) is 19.5. The normalized spacial score (nSPS) is 15.0. The summed E-state index contributed by atoms with van der Waals surface area (Å²) in [7, 11) is 1.55. The van der Waals surface area contributed by atoms with Crippen LogP contribution in [0.4, 0.5) is 0 Å². The molecule has 1 aliphatic heterocycles. The van der Waals surface area contributed by atoms with Crippen LogP contribution < -0.4 is 14.9 Å². The molecule has 1 aromatic heterocycles. The molecule has 1 atom stereocenters. The van der Waals surface area contributed by atoms with Gasteiger partial charge in [0.2, 0.25) is 5.76 Å². The number of methoxy groups -OCH3 is 1. The first-order valence-corrected chi connectivity index (χ1v) is 11.3. The molecule has 4 aromatic rings. The van der Waals surface area contributed by atoms with E-state index in [0.29, 0.717) is 45.2 Å². The maximum Gasteiger partial charge on any atom is 0.291 e. The van der Waals surface area contributed by atoms with Crippen molar-refractivity contribution < 1.29 is 18.7 Å². The second-order valence-corrected chi connectivity index (χ2v) is 8.35. The summed E-state index contributed by atoms with van der Waals surface area (Å²) < 4.78 is 17.2. The Morgan fingerprint density at radius 1 is 1.00 bits per heavy atom. The number of benzene rings is 3. The van der Waals surface area contributed by atoms with Crippen LogP contribution in [-0.2, 0) is 6.54 Å². The first-order valence-electron chi connectivity index (χ1n) is 10.9. The molecule has 1 amide bonds. The third-order valence-corrected chi connectivity index (χ3v) is 6.34. The van der Waals surface area contributed by atoms with Crippen molar-refractivity contribution in [3.8, 4) is 11.5 Å². The molecule has 6 nitrogen and oxygen atoms in total. The van der Waals surface area contributed by atoms with Crippen molar-refractivity contribution in [3.05, 3.63) is 104 Å². The molecule has 2 heterocycles. The van der Waals surface area contributed by atoms with E-state index in [1.807, 2.05) is 31.2 Å². The van der Waals surface area contributed by atoms with Gasteiger partial charge < -0.3 is 18.8 Å². The lowest BCUT2D eigenvalue weighted by Gasteiger charge is -2.26. The van der Waals surface area contributed by atoms with Crippen LogP contribution in [0.15, 0.2) is 75.9 Å². The fourth-order valence-electron chi connectivity index (χ4n) is 4.42. The van der Waals surface area contributed by atoms with Crippen molar-refractivity contribution in [2.75, 3.05) is 13.7 Å². The minimum atomic E-state index is -0.677. The SMILES string of the molecule is CCOc1ccc(C2c3c(oc4ccccc4c3=O)C(=O)N2Cc2ccccc2Cl)cc1OC. The van der Waals surface area contributed by atoms with E-state index >= 15 is 0 Å². The first kappa shape index (κ1) is 22.0. The monoisotopic (exact) mass is 475 g/mol. The quantitative estimate of drug-likeness (QED) is 0.363. The number of nitrogens with zero attached hydrogens (tertiary/aromatic N) is 1. The van der Waals surface area contributed by atoms with Crippen molar-refractivity contribution in [3.63, 3.8) is 0 Å². The van der Waals surface area contributed by atoms with E-state index in [1.54, 1.807) is 54.5 Å². The molecule has 0 spiro atoms. The van der Waals surface area contributed by atoms with Gasteiger partial charge in [-0.15, -0.1) is 0 Å². The lowest BCUT2D eigenvalue weighted by molar-refractivity contribution is 0.0714. The number of amides is 1. The third kappa shape index (κ3) is 3.60. The van der Waals surface area contributed by atoms with Gasteiger partial charge in [-0.1, -0.05) is 48.0 Å². The topological polar surface area (TPSA) is 69.0 Å². The van der Waals surface area contributed by atoms with E-state index in [9.17, 15) is 9.59 Å². The maximum absolute atomic E-state index is 13.6. The Bertz CT molecular complexity index is 1460. The summed E-state index contributed by atoms with van der Waals surface area (Å²) in [6.45, 7) is 2.58. The van der Waals surface area contributed by atoms with Gasteiger partial charge in [-0.05, 0) is 48.4 Å². The van der Waals surface area contributed by atoms with Crippen molar-refractivity contribution >= 4 is 28.5 Å². The largest absolute Gasteiger partial charge is 0.493 e. The van der Waals surface area contributed by atoms with Gasteiger partial charge in [-0.3, -0.25) is 9.59 Å². The summed E-state index contributed by atoms with van der Waals surface area (Å²) >= 11 is 6.42. The molecule has 1 unspecified atom stereocenters. The Balaban J connectivity index is 1.72. The second-order valence-electron chi connectivity index (χ2n) is 7.94. The second kappa shape index (κ2) is 8.88. The van der Waals surface area contributed by atoms with E-state index in [4.69, 9.17) is 25.5 Å². The predicted octanol–water partition coefficient (Wildman–Crippen LogP) is 5.60. The lowest BCUT2D eigenvalue weighted by atomic mass is 9.97. The van der Waals surface area contributed by atoms with Crippen LogP contribution in [0.2, 0.25) is 5.02 Å². The smallest absolute Gasteiger partial charge is 0.291 e. The summed E-state index contributed by atoms with van der Waals surface area (Å²) in [5.41, 5.74) is 1.93.